The van der Waals surface area contributed by atoms with E-state index in [9.17, 15) is 4.79 Å². The first-order chi connectivity index (χ1) is 15.2. The van der Waals surface area contributed by atoms with Crippen molar-refractivity contribution in [2.45, 2.75) is 12.8 Å². The molecule has 1 aliphatic heterocycles. The third-order valence-corrected chi connectivity index (χ3v) is 5.73. The van der Waals surface area contributed by atoms with Gasteiger partial charge in [0.15, 0.2) is 0 Å². The summed E-state index contributed by atoms with van der Waals surface area (Å²) in [6.45, 7) is 1.53. The largest absolute Gasteiger partial charge is 0.357 e. The molecule has 6 heteroatoms. The molecule has 6 nitrogen and oxygen atoms in total. The summed E-state index contributed by atoms with van der Waals surface area (Å²) in [5.41, 5.74) is 3.39. The highest BCUT2D eigenvalue weighted by atomic mass is 16.1. The minimum absolute atomic E-state index is 0.0373. The molecule has 0 radical (unpaired) electrons. The Morgan fingerprint density at radius 3 is 2.45 bits per heavy atom. The van der Waals surface area contributed by atoms with Crippen molar-refractivity contribution in [1.29, 1.82) is 5.26 Å². The van der Waals surface area contributed by atoms with Gasteiger partial charge in [0.1, 0.15) is 11.9 Å². The molecule has 1 saturated heterocycles. The maximum absolute atomic E-state index is 13.0. The van der Waals surface area contributed by atoms with Crippen LogP contribution in [0.3, 0.4) is 0 Å². The molecule has 0 atom stereocenters. The normalized spacial score (nSPS) is 14.0. The number of piperidine rings is 1. The molecule has 31 heavy (non-hydrogen) atoms. The second kappa shape index (κ2) is 9.31. The van der Waals surface area contributed by atoms with E-state index in [1.165, 1.54) is 0 Å². The number of benzene rings is 2. The Morgan fingerprint density at radius 2 is 1.77 bits per heavy atom. The number of nitrogens with zero attached hydrogens (tertiary/aromatic N) is 4. The third-order valence-electron chi connectivity index (χ3n) is 5.73. The number of rotatable bonds is 5. The lowest BCUT2D eigenvalue weighted by Gasteiger charge is -2.32. The summed E-state index contributed by atoms with van der Waals surface area (Å²) < 4.78 is 0. The van der Waals surface area contributed by atoms with Gasteiger partial charge in [-0.15, -0.1) is 0 Å². The van der Waals surface area contributed by atoms with Crippen LogP contribution in [0.15, 0.2) is 72.9 Å². The van der Waals surface area contributed by atoms with Gasteiger partial charge in [0.2, 0.25) is 5.91 Å². The van der Waals surface area contributed by atoms with Gasteiger partial charge in [-0.1, -0.05) is 30.3 Å². The highest BCUT2D eigenvalue weighted by Gasteiger charge is 2.26. The molecule has 0 aliphatic carbocycles. The third kappa shape index (κ3) is 4.67. The number of hydrogen-bond acceptors (Lipinski definition) is 5. The van der Waals surface area contributed by atoms with Crippen molar-refractivity contribution in [3.05, 3.63) is 78.5 Å². The van der Waals surface area contributed by atoms with Crippen molar-refractivity contribution in [3.8, 4) is 6.07 Å². The highest BCUT2D eigenvalue weighted by molar-refractivity contribution is 5.96. The van der Waals surface area contributed by atoms with Crippen LogP contribution in [-0.4, -0.2) is 31.0 Å². The van der Waals surface area contributed by atoms with Gasteiger partial charge >= 0.3 is 0 Å². The minimum atomic E-state index is -0.0373. The van der Waals surface area contributed by atoms with E-state index in [-0.39, 0.29) is 11.8 Å². The number of carbonyl (C=O) groups excluding carboxylic acids is 1. The van der Waals surface area contributed by atoms with E-state index in [4.69, 9.17) is 5.26 Å². The topological polar surface area (TPSA) is 72.3 Å². The van der Waals surface area contributed by atoms with Crippen molar-refractivity contribution in [3.63, 3.8) is 0 Å². The number of para-hydroxylation sites is 3. The van der Waals surface area contributed by atoms with Gasteiger partial charge in [0.25, 0.3) is 0 Å². The van der Waals surface area contributed by atoms with Gasteiger partial charge in [-0.3, -0.25) is 4.79 Å². The van der Waals surface area contributed by atoms with Gasteiger partial charge in [-0.05, 0) is 49.2 Å². The summed E-state index contributed by atoms with van der Waals surface area (Å²) in [6, 6.07) is 23.7. The van der Waals surface area contributed by atoms with E-state index in [2.05, 4.69) is 26.2 Å². The standard InChI is InChI=1S/C25H25N5O/c1-29(21-7-3-2-4-8-21)23-10-6-5-9-22(23)28-25(31)20-13-15-30(16-14-20)24-12-11-19(17-26)18-27-24/h2-12,18,20H,13-16H2,1H3,(H,28,31). The Balaban J connectivity index is 1.40. The zero-order chi connectivity index (χ0) is 21.6. The lowest BCUT2D eigenvalue weighted by molar-refractivity contribution is -0.120. The van der Waals surface area contributed by atoms with Crippen LogP contribution in [0.1, 0.15) is 18.4 Å². The molecule has 2 heterocycles. The molecule has 0 bridgehead atoms. The highest BCUT2D eigenvalue weighted by Crippen LogP contribution is 2.31. The molecule has 1 amide bonds. The predicted molar refractivity (Wildman–Crippen MR) is 123 cm³/mol. The summed E-state index contributed by atoms with van der Waals surface area (Å²) >= 11 is 0. The molecule has 0 unspecified atom stereocenters. The van der Waals surface area contributed by atoms with E-state index in [1.807, 2.05) is 67.7 Å². The average molecular weight is 412 g/mol. The molecule has 0 spiro atoms. The van der Waals surface area contributed by atoms with Gasteiger partial charge in [-0.2, -0.15) is 5.26 Å². The molecular formula is C25H25N5O. The van der Waals surface area contributed by atoms with Gasteiger partial charge in [-0.25, -0.2) is 4.98 Å². The van der Waals surface area contributed by atoms with E-state index < -0.39 is 0 Å². The van der Waals surface area contributed by atoms with E-state index in [0.717, 1.165) is 48.8 Å². The lowest BCUT2D eigenvalue weighted by atomic mass is 9.95. The summed E-state index contributed by atoms with van der Waals surface area (Å²) in [7, 11) is 2.00. The molecule has 1 N–H and O–H groups in total. The fraction of sp³-hybridized carbons (Fsp3) is 0.240. The van der Waals surface area contributed by atoms with Crippen LogP contribution < -0.4 is 15.1 Å². The molecule has 4 rings (SSSR count). The zero-order valence-electron chi connectivity index (χ0n) is 17.5. The molecule has 156 valence electrons. The Hall–Kier alpha value is -3.85. The molecule has 2 aromatic carbocycles. The Morgan fingerprint density at radius 1 is 1.06 bits per heavy atom. The number of pyridine rings is 1. The van der Waals surface area contributed by atoms with Crippen LogP contribution in [-0.2, 0) is 4.79 Å². The van der Waals surface area contributed by atoms with Crippen molar-refractivity contribution < 1.29 is 4.79 Å². The molecular weight excluding hydrogens is 386 g/mol. The first-order valence-corrected chi connectivity index (χ1v) is 10.5. The van der Waals surface area contributed by atoms with Crippen molar-refractivity contribution >= 4 is 28.8 Å². The first-order valence-electron chi connectivity index (χ1n) is 10.5. The lowest BCUT2D eigenvalue weighted by Crippen LogP contribution is -2.38. The Bertz CT molecular complexity index is 1070. The first kappa shape index (κ1) is 20.4. The van der Waals surface area contributed by atoms with E-state index in [0.29, 0.717) is 5.56 Å². The fourth-order valence-corrected chi connectivity index (χ4v) is 3.91. The van der Waals surface area contributed by atoms with Gasteiger partial charge < -0.3 is 15.1 Å². The van der Waals surface area contributed by atoms with Gasteiger partial charge in [0.05, 0.1) is 16.9 Å². The maximum atomic E-state index is 13.0. The quantitative estimate of drug-likeness (QED) is 0.665. The Labute approximate surface area is 182 Å². The van der Waals surface area contributed by atoms with E-state index in [1.54, 1.807) is 12.3 Å². The van der Waals surface area contributed by atoms with Crippen molar-refractivity contribution in [1.82, 2.24) is 4.98 Å². The summed E-state index contributed by atoms with van der Waals surface area (Å²) in [5, 5.41) is 12.1. The minimum Gasteiger partial charge on any atom is -0.357 e. The Kier molecular flexibility index (Phi) is 6.13. The zero-order valence-corrected chi connectivity index (χ0v) is 17.5. The fourth-order valence-electron chi connectivity index (χ4n) is 3.91. The summed E-state index contributed by atoms with van der Waals surface area (Å²) in [6.07, 6.45) is 3.13. The number of nitriles is 1. The average Bonchev–Trinajstić information content (AvgIpc) is 2.84. The number of carbonyl (C=O) groups is 1. The van der Waals surface area contributed by atoms with Gasteiger partial charge in [0, 0.05) is 37.9 Å². The molecule has 1 fully saturated rings. The molecule has 3 aromatic rings. The number of nitrogens with one attached hydrogen (secondary N) is 1. The van der Waals surface area contributed by atoms with Crippen LogP contribution in [0.4, 0.5) is 22.9 Å². The number of anilines is 4. The number of aromatic nitrogens is 1. The second-order valence-corrected chi connectivity index (χ2v) is 7.68. The van der Waals surface area contributed by atoms with Crippen LogP contribution in [0.5, 0.6) is 0 Å². The van der Waals surface area contributed by atoms with Crippen molar-refractivity contribution in [2.24, 2.45) is 5.92 Å². The van der Waals surface area contributed by atoms with Crippen LogP contribution in [0.25, 0.3) is 0 Å². The molecule has 1 aromatic heterocycles. The molecule has 0 saturated carbocycles. The monoisotopic (exact) mass is 411 g/mol. The molecule has 1 aliphatic rings. The van der Waals surface area contributed by atoms with Crippen LogP contribution >= 0.6 is 0 Å². The van der Waals surface area contributed by atoms with Crippen LogP contribution in [0, 0.1) is 17.2 Å². The predicted octanol–water partition coefficient (Wildman–Crippen LogP) is 4.58. The summed E-state index contributed by atoms with van der Waals surface area (Å²) in [5.74, 6) is 0.874. The number of amides is 1. The SMILES string of the molecule is CN(c1ccccc1)c1ccccc1NC(=O)C1CCN(c2ccc(C#N)cn2)CC1. The smallest absolute Gasteiger partial charge is 0.227 e. The van der Waals surface area contributed by atoms with Crippen LogP contribution in [0.2, 0.25) is 0 Å². The van der Waals surface area contributed by atoms with Crippen molar-refractivity contribution in [2.75, 3.05) is 35.3 Å². The second-order valence-electron chi connectivity index (χ2n) is 7.68. The maximum Gasteiger partial charge on any atom is 0.227 e. The summed E-state index contributed by atoms with van der Waals surface area (Å²) in [4.78, 5) is 21.6. The number of hydrogen-bond donors (Lipinski definition) is 1. The van der Waals surface area contributed by atoms with E-state index >= 15 is 0 Å².